The van der Waals surface area contributed by atoms with Gasteiger partial charge in [0.1, 0.15) is 4.90 Å². The van der Waals surface area contributed by atoms with E-state index in [1.54, 1.807) is 24.9 Å². The van der Waals surface area contributed by atoms with E-state index in [1.807, 2.05) is 13.2 Å². The number of sulfonamides is 1. The van der Waals surface area contributed by atoms with Crippen LogP contribution in [0.1, 0.15) is 12.5 Å². The summed E-state index contributed by atoms with van der Waals surface area (Å²) in [7, 11) is -2.09. The van der Waals surface area contributed by atoms with Gasteiger partial charge in [-0.3, -0.25) is 0 Å². The van der Waals surface area contributed by atoms with Crippen LogP contribution in [-0.4, -0.2) is 44.9 Å². The van der Waals surface area contributed by atoms with E-state index in [4.69, 9.17) is 23.2 Å². The van der Waals surface area contributed by atoms with Gasteiger partial charge in [-0.2, -0.15) is 11.8 Å². The third kappa shape index (κ3) is 5.01. The molecule has 0 aromatic heterocycles. The normalized spacial score (nSPS) is 12.1. The van der Waals surface area contributed by atoms with Gasteiger partial charge in [0.25, 0.3) is 0 Å². The van der Waals surface area contributed by atoms with Crippen molar-refractivity contribution in [1.82, 2.24) is 9.62 Å². The molecule has 0 aliphatic carbocycles. The molecule has 1 N–H and O–H groups in total. The summed E-state index contributed by atoms with van der Waals surface area (Å²) in [4.78, 5) is 0.0631. The highest BCUT2D eigenvalue weighted by Gasteiger charge is 2.25. The van der Waals surface area contributed by atoms with Gasteiger partial charge in [0, 0.05) is 30.9 Å². The highest BCUT2D eigenvalue weighted by Crippen LogP contribution is 2.31. The van der Waals surface area contributed by atoms with Gasteiger partial charge in [-0.15, -0.1) is 0 Å². The maximum Gasteiger partial charge on any atom is 0.244 e. The third-order valence-corrected chi connectivity index (χ3v) is 6.19. The van der Waals surface area contributed by atoms with Gasteiger partial charge < -0.3 is 5.32 Å². The van der Waals surface area contributed by atoms with Crippen LogP contribution in [0, 0.1) is 0 Å². The van der Waals surface area contributed by atoms with E-state index in [2.05, 4.69) is 5.32 Å². The Morgan fingerprint density at radius 3 is 2.57 bits per heavy atom. The first-order valence-corrected chi connectivity index (χ1v) is 10.1. The van der Waals surface area contributed by atoms with Crippen LogP contribution in [0.15, 0.2) is 17.0 Å². The van der Waals surface area contributed by atoms with Crippen molar-refractivity contribution in [2.75, 3.05) is 32.1 Å². The molecular weight excluding hydrogens is 351 g/mol. The molecule has 0 radical (unpaired) electrons. The molecule has 4 nitrogen and oxygen atoms in total. The summed E-state index contributed by atoms with van der Waals surface area (Å²) in [6.07, 6.45) is 1.93. The minimum atomic E-state index is -3.64. The first-order chi connectivity index (χ1) is 9.84. The number of halogens is 2. The first-order valence-electron chi connectivity index (χ1n) is 6.48. The Bertz CT molecular complexity index is 580. The van der Waals surface area contributed by atoms with Crippen molar-refractivity contribution in [3.8, 4) is 0 Å². The molecule has 0 aliphatic heterocycles. The van der Waals surface area contributed by atoms with E-state index in [0.29, 0.717) is 23.7 Å². The average Bonchev–Trinajstić information content (AvgIpc) is 2.44. The van der Waals surface area contributed by atoms with Crippen molar-refractivity contribution in [3.63, 3.8) is 0 Å². The maximum atomic E-state index is 12.6. The molecule has 1 aromatic rings. The van der Waals surface area contributed by atoms with Gasteiger partial charge in [-0.25, -0.2) is 12.7 Å². The first kappa shape index (κ1) is 19.1. The highest BCUT2D eigenvalue weighted by atomic mass is 35.5. The molecule has 0 amide bonds. The van der Waals surface area contributed by atoms with Gasteiger partial charge >= 0.3 is 0 Å². The Kier molecular flexibility index (Phi) is 7.81. The lowest BCUT2D eigenvalue weighted by Crippen LogP contribution is -2.29. The van der Waals surface area contributed by atoms with Crippen molar-refractivity contribution in [2.45, 2.75) is 18.4 Å². The molecule has 0 spiro atoms. The van der Waals surface area contributed by atoms with Crippen LogP contribution in [0.25, 0.3) is 0 Å². The van der Waals surface area contributed by atoms with Crippen molar-refractivity contribution < 1.29 is 8.42 Å². The molecule has 0 fully saturated rings. The summed E-state index contributed by atoms with van der Waals surface area (Å²) in [6, 6.07) is 3.09. The Balaban J connectivity index is 3.19. The van der Waals surface area contributed by atoms with Crippen molar-refractivity contribution >= 4 is 45.0 Å². The zero-order valence-electron chi connectivity index (χ0n) is 12.3. The Morgan fingerprint density at radius 2 is 2.00 bits per heavy atom. The lowest BCUT2D eigenvalue weighted by molar-refractivity contribution is 0.488. The molecule has 0 bridgehead atoms. The summed E-state index contributed by atoms with van der Waals surface area (Å²) in [5, 5.41) is 3.72. The lowest BCUT2D eigenvalue weighted by Gasteiger charge is -2.19. The highest BCUT2D eigenvalue weighted by molar-refractivity contribution is 7.98. The second-order valence-corrected chi connectivity index (χ2v) is 8.29. The van der Waals surface area contributed by atoms with Crippen molar-refractivity contribution in [2.24, 2.45) is 0 Å². The Morgan fingerprint density at radius 1 is 1.33 bits per heavy atom. The molecule has 1 rings (SSSR count). The summed E-state index contributed by atoms with van der Waals surface area (Å²) in [5.41, 5.74) is 0.683. The molecule has 0 unspecified atom stereocenters. The van der Waals surface area contributed by atoms with Gasteiger partial charge in [0.2, 0.25) is 10.0 Å². The minimum Gasteiger partial charge on any atom is -0.313 e. The van der Waals surface area contributed by atoms with Gasteiger partial charge in [-0.05, 0) is 30.5 Å². The quantitative estimate of drug-likeness (QED) is 0.763. The van der Waals surface area contributed by atoms with E-state index in [0.717, 1.165) is 12.3 Å². The SMILES string of the molecule is CCNCc1cc(Cl)cc(S(=O)(=O)N(C)CCSC)c1Cl. The number of hydrogen-bond donors (Lipinski definition) is 1. The fourth-order valence-corrected chi connectivity index (χ4v) is 4.35. The van der Waals surface area contributed by atoms with E-state index < -0.39 is 10.0 Å². The number of thioether (sulfide) groups is 1. The molecule has 0 aliphatic rings. The smallest absolute Gasteiger partial charge is 0.244 e. The number of hydrogen-bond acceptors (Lipinski definition) is 4. The van der Waals surface area contributed by atoms with Crippen LogP contribution in [0.2, 0.25) is 10.0 Å². The van der Waals surface area contributed by atoms with Crippen LogP contribution in [0.3, 0.4) is 0 Å². The Hall–Kier alpha value is 0.0200. The van der Waals surface area contributed by atoms with Gasteiger partial charge in [0.05, 0.1) is 5.02 Å². The van der Waals surface area contributed by atoms with Crippen molar-refractivity contribution in [1.29, 1.82) is 0 Å². The molecule has 120 valence electrons. The molecule has 0 atom stereocenters. The minimum absolute atomic E-state index is 0.0631. The molecule has 0 heterocycles. The third-order valence-electron chi connectivity index (χ3n) is 2.94. The Labute approximate surface area is 141 Å². The molecule has 0 saturated heterocycles. The number of rotatable bonds is 8. The lowest BCUT2D eigenvalue weighted by atomic mass is 10.2. The number of nitrogens with one attached hydrogen (secondary N) is 1. The van der Waals surface area contributed by atoms with Crippen LogP contribution in [0.4, 0.5) is 0 Å². The van der Waals surface area contributed by atoms with E-state index >= 15 is 0 Å². The van der Waals surface area contributed by atoms with Gasteiger partial charge in [-0.1, -0.05) is 30.1 Å². The largest absolute Gasteiger partial charge is 0.313 e. The van der Waals surface area contributed by atoms with Crippen molar-refractivity contribution in [3.05, 3.63) is 27.7 Å². The van der Waals surface area contributed by atoms with E-state index in [-0.39, 0.29) is 9.92 Å². The molecule has 1 aromatic carbocycles. The predicted molar refractivity (Wildman–Crippen MR) is 92.0 cm³/mol. The molecule has 0 saturated carbocycles. The fraction of sp³-hybridized carbons (Fsp3) is 0.538. The van der Waals surface area contributed by atoms with Crippen LogP contribution in [0.5, 0.6) is 0 Å². The topological polar surface area (TPSA) is 49.4 Å². The number of benzene rings is 1. The summed E-state index contributed by atoms with van der Waals surface area (Å²) < 4.78 is 26.5. The van der Waals surface area contributed by atoms with E-state index in [9.17, 15) is 8.42 Å². The van der Waals surface area contributed by atoms with Crippen LogP contribution >= 0.6 is 35.0 Å². The summed E-state index contributed by atoms with van der Waals surface area (Å²) in [5.74, 6) is 0.720. The second-order valence-electron chi connectivity index (χ2n) is 4.48. The zero-order chi connectivity index (χ0) is 16.0. The molecular formula is C13H20Cl2N2O2S2. The van der Waals surface area contributed by atoms with Gasteiger partial charge in [0.15, 0.2) is 0 Å². The van der Waals surface area contributed by atoms with Crippen LogP contribution < -0.4 is 5.32 Å². The maximum absolute atomic E-state index is 12.6. The second kappa shape index (κ2) is 8.60. The standard InChI is InChI=1S/C13H20Cl2N2O2S2/c1-4-16-9-10-7-11(14)8-12(13(10)15)21(18,19)17(2)5-6-20-3/h7-8,16H,4-6,9H2,1-3H3. The average molecular weight is 371 g/mol. The van der Waals surface area contributed by atoms with E-state index in [1.165, 1.54) is 10.4 Å². The van der Waals surface area contributed by atoms with Crippen LogP contribution in [-0.2, 0) is 16.6 Å². The summed E-state index contributed by atoms with van der Waals surface area (Å²) in [6.45, 7) is 3.63. The number of nitrogens with zero attached hydrogens (tertiary/aromatic N) is 1. The summed E-state index contributed by atoms with van der Waals surface area (Å²) >= 11 is 13.9. The zero-order valence-corrected chi connectivity index (χ0v) is 15.5. The fourth-order valence-electron chi connectivity index (χ4n) is 1.70. The molecule has 21 heavy (non-hydrogen) atoms. The molecule has 8 heteroatoms. The monoisotopic (exact) mass is 370 g/mol. The predicted octanol–water partition coefficient (Wildman–Crippen LogP) is 3.09.